The first kappa shape index (κ1) is 38.0. The summed E-state index contributed by atoms with van der Waals surface area (Å²) in [6.45, 7) is 2.65. The largest absolute Gasteiger partial charge is 0.394 e. The highest BCUT2D eigenvalue weighted by molar-refractivity contribution is 7.89. The fourth-order valence-electron chi connectivity index (χ4n) is 5.36. The van der Waals surface area contributed by atoms with Crippen LogP contribution in [0.1, 0.15) is 96.0 Å². The summed E-state index contributed by atoms with van der Waals surface area (Å²) in [6.07, 6.45) is 3.53. The van der Waals surface area contributed by atoms with Crippen LogP contribution in [0.4, 0.5) is 0 Å². The molecule has 1 aromatic rings. The van der Waals surface area contributed by atoms with Crippen LogP contribution >= 0.6 is 0 Å². The molecular formula is C31H55NO10S. The maximum Gasteiger partial charge on any atom is 0.241 e. The maximum atomic E-state index is 13.2. The molecule has 1 aromatic carbocycles. The molecule has 8 atom stereocenters. The van der Waals surface area contributed by atoms with Gasteiger partial charge in [0.25, 0.3) is 0 Å². The number of sulfonamides is 1. The summed E-state index contributed by atoms with van der Waals surface area (Å²) < 4.78 is 39.8. The molecule has 0 amide bonds. The number of aliphatic hydroxyl groups is 6. The summed E-state index contributed by atoms with van der Waals surface area (Å²) in [5.41, 5.74) is 0.482. The smallest absolute Gasteiger partial charge is 0.241 e. The van der Waals surface area contributed by atoms with Gasteiger partial charge in [-0.25, -0.2) is 13.1 Å². The Kier molecular flexibility index (Phi) is 17.7. The summed E-state index contributed by atoms with van der Waals surface area (Å²) in [4.78, 5) is -0.00418. The summed E-state index contributed by atoms with van der Waals surface area (Å²) in [5.74, 6) is 0. The molecule has 1 fully saturated rings. The highest BCUT2D eigenvalue weighted by Gasteiger charge is 2.44. The van der Waals surface area contributed by atoms with Crippen molar-refractivity contribution in [2.24, 2.45) is 0 Å². The van der Waals surface area contributed by atoms with Gasteiger partial charge in [-0.05, 0) is 25.0 Å². The Morgan fingerprint density at radius 1 is 0.860 bits per heavy atom. The average Bonchev–Trinajstić information content (AvgIpc) is 2.99. The lowest BCUT2D eigenvalue weighted by atomic mass is 9.99. The monoisotopic (exact) mass is 633 g/mol. The first-order chi connectivity index (χ1) is 20.5. The van der Waals surface area contributed by atoms with Gasteiger partial charge in [0, 0.05) is 0 Å². The number of rotatable bonds is 22. The van der Waals surface area contributed by atoms with Gasteiger partial charge in [-0.3, -0.25) is 0 Å². The molecular weight excluding hydrogens is 578 g/mol. The van der Waals surface area contributed by atoms with Crippen LogP contribution in [0.5, 0.6) is 0 Å². The number of ether oxygens (including phenoxy) is 2. The minimum absolute atomic E-state index is 0.00418. The zero-order valence-electron chi connectivity index (χ0n) is 25.8. The Morgan fingerprint density at radius 2 is 1.42 bits per heavy atom. The topological polar surface area (TPSA) is 186 Å². The number of aryl methyl sites for hydroxylation is 1. The van der Waals surface area contributed by atoms with Crippen LogP contribution in [-0.4, -0.2) is 101 Å². The molecule has 0 radical (unpaired) electrons. The van der Waals surface area contributed by atoms with Crippen molar-refractivity contribution >= 4 is 10.0 Å². The van der Waals surface area contributed by atoms with Crippen molar-refractivity contribution in [3.8, 4) is 0 Å². The van der Waals surface area contributed by atoms with Gasteiger partial charge in [0.05, 0.1) is 36.4 Å². The molecule has 43 heavy (non-hydrogen) atoms. The van der Waals surface area contributed by atoms with Crippen LogP contribution < -0.4 is 4.72 Å². The van der Waals surface area contributed by atoms with Gasteiger partial charge in [-0.15, -0.1) is 0 Å². The molecule has 11 nitrogen and oxygen atoms in total. The molecule has 0 saturated carbocycles. The molecule has 250 valence electrons. The van der Waals surface area contributed by atoms with Crippen molar-refractivity contribution in [2.45, 2.75) is 151 Å². The van der Waals surface area contributed by atoms with Gasteiger partial charge in [0.1, 0.15) is 24.4 Å². The molecule has 1 aliphatic heterocycles. The summed E-state index contributed by atoms with van der Waals surface area (Å²) in [6, 6.07) is 4.97. The highest BCUT2D eigenvalue weighted by Crippen LogP contribution is 2.23. The van der Waals surface area contributed by atoms with E-state index in [0.717, 1.165) is 19.3 Å². The molecule has 1 aliphatic rings. The quantitative estimate of drug-likeness (QED) is 0.0934. The first-order valence-corrected chi connectivity index (χ1v) is 17.4. The van der Waals surface area contributed by atoms with Gasteiger partial charge in [-0.2, -0.15) is 0 Å². The van der Waals surface area contributed by atoms with Gasteiger partial charge in [0.2, 0.25) is 10.0 Å². The zero-order valence-corrected chi connectivity index (χ0v) is 26.6. The lowest BCUT2D eigenvalue weighted by Crippen LogP contribution is -2.60. The van der Waals surface area contributed by atoms with Crippen molar-refractivity contribution in [3.63, 3.8) is 0 Å². The van der Waals surface area contributed by atoms with E-state index >= 15 is 0 Å². The van der Waals surface area contributed by atoms with E-state index < -0.39 is 72.2 Å². The third-order valence-corrected chi connectivity index (χ3v) is 9.79. The number of aliphatic hydroxyl groups excluding tert-OH is 6. The Hall–Kier alpha value is -1.19. The van der Waals surface area contributed by atoms with Crippen molar-refractivity contribution < 1.29 is 48.5 Å². The van der Waals surface area contributed by atoms with Crippen molar-refractivity contribution in [2.75, 3.05) is 13.2 Å². The summed E-state index contributed by atoms with van der Waals surface area (Å²) >= 11 is 0. The average molecular weight is 634 g/mol. The van der Waals surface area contributed by atoms with Gasteiger partial charge >= 0.3 is 0 Å². The molecule has 12 heteroatoms. The van der Waals surface area contributed by atoms with Gasteiger partial charge in [0.15, 0.2) is 6.29 Å². The van der Waals surface area contributed by atoms with Crippen LogP contribution in [0.25, 0.3) is 0 Å². The molecule has 0 spiro atoms. The Labute approximate surface area is 257 Å². The lowest BCUT2D eigenvalue weighted by Gasteiger charge is -2.40. The number of unbranched alkanes of at least 4 members (excludes halogenated alkanes) is 11. The van der Waals surface area contributed by atoms with Crippen LogP contribution in [0.15, 0.2) is 29.2 Å². The van der Waals surface area contributed by atoms with Crippen LogP contribution in [0.2, 0.25) is 0 Å². The van der Waals surface area contributed by atoms with E-state index in [-0.39, 0.29) is 11.3 Å². The minimum Gasteiger partial charge on any atom is -0.394 e. The van der Waals surface area contributed by atoms with E-state index in [4.69, 9.17) is 9.47 Å². The normalized spacial score (nSPS) is 25.0. The van der Waals surface area contributed by atoms with Crippen molar-refractivity contribution in [1.82, 2.24) is 4.72 Å². The van der Waals surface area contributed by atoms with Crippen molar-refractivity contribution in [3.05, 3.63) is 29.8 Å². The second-order valence-corrected chi connectivity index (χ2v) is 13.4. The van der Waals surface area contributed by atoms with E-state index in [2.05, 4.69) is 11.6 Å². The van der Waals surface area contributed by atoms with Gasteiger partial charge < -0.3 is 40.1 Å². The molecule has 1 saturated heterocycles. The molecule has 7 N–H and O–H groups in total. The molecule has 0 bridgehead atoms. The lowest BCUT2D eigenvalue weighted by molar-refractivity contribution is -0.303. The fraction of sp³-hybridized carbons (Fsp3) is 0.806. The van der Waals surface area contributed by atoms with Crippen LogP contribution in [-0.2, 0) is 19.5 Å². The summed E-state index contributed by atoms with van der Waals surface area (Å²) in [5, 5.41) is 61.7. The first-order valence-electron chi connectivity index (χ1n) is 15.9. The highest BCUT2D eigenvalue weighted by atomic mass is 32.2. The van der Waals surface area contributed by atoms with E-state index in [1.807, 2.05) is 0 Å². The maximum absolute atomic E-state index is 13.2. The Morgan fingerprint density at radius 3 is 1.98 bits per heavy atom. The fourth-order valence-corrected chi connectivity index (χ4v) is 6.84. The molecule has 2 unspecified atom stereocenters. The van der Waals surface area contributed by atoms with E-state index in [1.165, 1.54) is 57.4 Å². The van der Waals surface area contributed by atoms with Crippen molar-refractivity contribution in [1.29, 1.82) is 0 Å². The second kappa shape index (κ2) is 20.0. The van der Waals surface area contributed by atoms with E-state index in [9.17, 15) is 39.1 Å². The number of benzene rings is 1. The molecule has 0 aliphatic carbocycles. The summed E-state index contributed by atoms with van der Waals surface area (Å²) in [7, 11) is -4.15. The SMILES string of the molecule is CCCCCCCCCCCCCC[C@@H](O)[C@@H](O)[C@H](CO[C@@H]1OC(CO)[C@H](O)[C@H](O)C1O)NS(=O)(=O)c1ccccc1C. The Balaban J connectivity index is 1.93. The zero-order chi connectivity index (χ0) is 31.8. The van der Waals surface area contributed by atoms with E-state index in [1.54, 1.807) is 25.1 Å². The minimum atomic E-state index is -4.15. The standard InChI is InChI=1S/C31H55NO10S/c1-3-4-5-6-7-8-9-10-11-12-13-14-18-24(34)27(35)23(32-43(39,40)26-19-16-15-17-22(26)2)21-41-31-30(38)29(37)28(36)25(20-33)42-31/h15-17,19,23-25,27-38H,3-14,18,20-21H2,1-2H3/t23-,24+,25?,27-,28-,29-,30?,31+/m0/s1. The second-order valence-electron chi connectivity index (χ2n) is 11.8. The number of hydrogen-bond acceptors (Lipinski definition) is 10. The van der Waals surface area contributed by atoms with Crippen LogP contribution in [0.3, 0.4) is 0 Å². The Bertz CT molecular complexity index is 995. The number of nitrogens with one attached hydrogen (secondary N) is 1. The third kappa shape index (κ3) is 12.6. The molecule has 1 heterocycles. The molecule has 2 rings (SSSR count). The number of hydrogen-bond donors (Lipinski definition) is 7. The van der Waals surface area contributed by atoms with E-state index in [0.29, 0.717) is 12.0 Å². The predicted molar refractivity (Wildman–Crippen MR) is 163 cm³/mol. The predicted octanol–water partition coefficient (Wildman–Crippen LogP) is 2.27. The third-order valence-electron chi connectivity index (χ3n) is 8.14. The van der Waals surface area contributed by atoms with Gasteiger partial charge in [-0.1, -0.05) is 102 Å². The van der Waals surface area contributed by atoms with Crippen LogP contribution in [0, 0.1) is 6.92 Å². The molecule has 0 aromatic heterocycles.